The maximum absolute atomic E-state index is 12.3. The summed E-state index contributed by atoms with van der Waals surface area (Å²) in [6, 6.07) is 0. The highest BCUT2D eigenvalue weighted by Crippen LogP contribution is 2.34. The summed E-state index contributed by atoms with van der Waals surface area (Å²) in [6.07, 6.45) is 6.59. The monoisotopic (exact) mass is 311 g/mol. The number of nitrogens with two attached hydrogens (primary N) is 1. The highest BCUT2D eigenvalue weighted by Gasteiger charge is 2.39. The van der Waals surface area contributed by atoms with Crippen LogP contribution >= 0.6 is 23.6 Å². The number of hydrogen-bond acceptors (Lipinski definition) is 4. The van der Waals surface area contributed by atoms with E-state index in [4.69, 9.17) is 18.0 Å². The van der Waals surface area contributed by atoms with E-state index in [2.05, 4.69) is 17.2 Å². The van der Waals surface area contributed by atoms with E-state index in [0.717, 1.165) is 36.6 Å². The Balaban J connectivity index is 2.10. The first kappa shape index (κ1) is 15.4. The van der Waals surface area contributed by atoms with Crippen LogP contribution in [0, 0.1) is 12.8 Å². The van der Waals surface area contributed by atoms with Gasteiger partial charge in [0.1, 0.15) is 4.88 Å². The number of hydrogen-bond donors (Lipinski definition) is 2. The van der Waals surface area contributed by atoms with E-state index < -0.39 is 5.54 Å². The Morgan fingerprint density at radius 2 is 2.25 bits per heavy atom. The average Bonchev–Trinajstić information content (AvgIpc) is 2.86. The lowest BCUT2D eigenvalue weighted by Gasteiger charge is -2.39. The molecule has 1 aromatic heterocycles. The van der Waals surface area contributed by atoms with E-state index in [9.17, 15) is 4.79 Å². The van der Waals surface area contributed by atoms with Crippen molar-refractivity contribution in [1.82, 2.24) is 10.3 Å². The minimum atomic E-state index is -0.518. The zero-order valence-electron chi connectivity index (χ0n) is 11.9. The Kier molecular flexibility index (Phi) is 4.75. The van der Waals surface area contributed by atoms with Gasteiger partial charge in [-0.25, -0.2) is 4.98 Å². The van der Waals surface area contributed by atoms with Crippen LogP contribution in [-0.4, -0.2) is 21.4 Å². The molecule has 1 amide bonds. The number of rotatable bonds is 4. The molecule has 2 rings (SSSR count). The number of thiazole rings is 1. The molecule has 20 heavy (non-hydrogen) atoms. The van der Waals surface area contributed by atoms with Gasteiger partial charge in [0, 0.05) is 0 Å². The van der Waals surface area contributed by atoms with Crippen molar-refractivity contribution in [2.24, 2.45) is 11.7 Å². The van der Waals surface area contributed by atoms with Crippen LogP contribution in [0.2, 0.25) is 0 Å². The third-order valence-corrected chi connectivity index (χ3v) is 5.51. The molecule has 0 saturated heterocycles. The van der Waals surface area contributed by atoms with Crippen molar-refractivity contribution >= 4 is 34.5 Å². The number of aromatic nitrogens is 1. The van der Waals surface area contributed by atoms with Gasteiger partial charge in [-0.3, -0.25) is 4.79 Å². The second-order valence-electron chi connectivity index (χ2n) is 5.50. The van der Waals surface area contributed by atoms with Crippen molar-refractivity contribution in [3.8, 4) is 0 Å². The van der Waals surface area contributed by atoms with E-state index in [0.29, 0.717) is 9.87 Å². The van der Waals surface area contributed by atoms with Crippen molar-refractivity contribution in [2.45, 2.75) is 51.5 Å². The first-order chi connectivity index (χ1) is 9.47. The number of amides is 1. The SMILES string of the molecule is CCC1CCC(NC(=O)c2cnc(C)s2)(C(N)=S)CC1. The Morgan fingerprint density at radius 1 is 1.60 bits per heavy atom. The minimum absolute atomic E-state index is 0.113. The summed E-state index contributed by atoms with van der Waals surface area (Å²) in [5, 5.41) is 3.95. The average molecular weight is 311 g/mol. The molecule has 1 fully saturated rings. The zero-order chi connectivity index (χ0) is 14.8. The Hall–Kier alpha value is -1.01. The molecule has 0 atom stereocenters. The van der Waals surface area contributed by atoms with Crippen molar-refractivity contribution < 1.29 is 4.79 Å². The van der Waals surface area contributed by atoms with Crippen LogP contribution in [0.15, 0.2) is 6.20 Å². The summed E-state index contributed by atoms with van der Waals surface area (Å²) in [4.78, 5) is 17.5. The summed E-state index contributed by atoms with van der Waals surface area (Å²) in [5.74, 6) is 0.610. The summed E-state index contributed by atoms with van der Waals surface area (Å²) < 4.78 is 0. The van der Waals surface area contributed by atoms with Gasteiger partial charge in [0.2, 0.25) is 0 Å². The third kappa shape index (κ3) is 3.17. The van der Waals surface area contributed by atoms with Crippen molar-refractivity contribution in [1.29, 1.82) is 0 Å². The Labute approximate surface area is 129 Å². The van der Waals surface area contributed by atoms with Gasteiger partial charge in [-0.05, 0) is 38.5 Å². The van der Waals surface area contributed by atoms with Gasteiger partial charge < -0.3 is 11.1 Å². The van der Waals surface area contributed by atoms with Crippen LogP contribution in [0.5, 0.6) is 0 Å². The van der Waals surface area contributed by atoms with E-state index in [1.165, 1.54) is 17.8 Å². The van der Waals surface area contributed by atoms with E-state index in [1.807, 2.05) is 6.92 Å². The molecular formula is C14H21N3OS2. The van der Waals surface area contributed by atoms with Gasteiger partial charge >= 0.3 is 0 Å². The summed E-state index contributed by atoms with van der Waals surface area (Å²) >= 11 is 6.62. The van der Waals surface area contributed by atoms with E-state index >= 15 is 0 Å². The summed E-state index contributed by atoms with van der Waals surface area (Å²) in [6.45, 7) is 4.09. The molecule has 3 N–H and O–H groups in total. The van der Waals surface area contributed by atoms with Crippen LogP contribution in [0.3, 0.4) is 0 Å². The minimum Gasteiger partial charge on any atom is -0.391 e. The highest BCUT2D eigenvalue weighted by atomic mass is 32.1. The molecule has 0 spiro atoms. The van der Waals surface area contributed by atoms with Gasteiger partial charge in [0.05, 0.1) is 21.7 Å². The first-order valence-electron chi connectivity index (χ1n) is 7.01. The standard InChI is InChI=1S/C14H21N3OS2/c1-3-10-4-6-14(7-5-10,13(15)19)17-12(18)11-8-16-9(2)20-11/h8,10H,3-7H2,1-2H3,(H2,15,19)(H,17,18). The number of nitrogens with zero attached hydrogens (tertiary/aromatic N) is 1. The molecule has 1 heterocycles. The fraction of sp³-hybridized carbons (Fsp3) is 0.643. The van der Waals surface area contributed by atoms with Gasteiger partial charge in [0.25, 0.3) is 5.91 Å². The molecule has 1 saturated carbocycles. The molecule has 6 heteroatoms. The van der Waals surface area contributed by atoms with Gasteiger partial charge in [-0.1, -0.05) is 25.6 Å². The number of carbonyl (C=O) groups excluding carboxylic acids is 1. The Bertz CT molecular complexity index is 504. The second-order valence-corrected chi connectivity index (χ2v) is 7.17. The zero-order valence-corrected chi connectivity index (χ0v) is 13.6. The molecule has 0 aromatic carbocycles. The van der Waals surface area contributed by atoms with Crippen LogP contribution in [0.1, 0.15) is 53.7 Å². The maximum Gasteiger partial charge on any atom is 0.263 e. The number of thiocarbonyl (C=S) groups is 1. The molecule has 1 aromatic rings. The van der Waals surface area contributed by atoms with Crippen molar-refractivity contribution in [3.63, 3.8) is 0 Å². The molecular weight excluding hydrogens is 290 g/mol. The van der Waals surface area contributed by atoms with Gasteiger partial charge in [-0.15, -0.1) is 11.3 Å². The Morgan fingerprint density at radius 3 is 2.70 bits per heavy atom. The molecule has 1 aliphatic carbocycles. The smallest absolute Gasteiger partial charge is 0.263 e. The van der Waals surface area contributed by atoms with Crippen LogP contribution < -0.4 is 11.1 Å². The van der Waals surface area contributed by atoms with Gasteiger partial charge in [0.15, 0.2) is 0 Å². The van der Waals surface area contributed by atoms with Gasteiger partial charge in [-0.2, -0.15) is 0 Å². The fourth-order valence-corrected chi connectivity index (χ4v) is 3.68. The lowest BCUT2D eigenvalue weighted by Crippen LogP contribution is -2.58. The predicted octanol–water partition coefficient (Wildman–Crippen LogP) is 2.81. The van der Waals surface area contributed by atoms with Crippen LogP contribution in [0.4, 0.5) is 0 Å². The van der Waals surface area contributed by atoms with Crippen LogP contribution in [0.25, 0.3) is 0 Å². The quantitative estimate of drug-likeness (QED) is 0.839. The number of aryl methyl sites for hydroxylation is 1. The van der Waals surface area contributed by atoms with E-state index in [1.54, 1.807) is 6.20 Å². The summed E-state index contributed by atoms with van der Waals surface area (Å²) in [5.41, 5.74) is 5.41. The third-order valence-electron chi connectivity index (χ3n) is 4.21. The normalized spacial score (nSPS) is 26.2. The maximum atomic E-state index is 12.3. The molecule has 0 radical (unpaired) electrons. The lowest BCUT2D eigenvalue weighted by atomic mass is 9.75. The first-order valence-corrected chi connectivity index (χ1v) is 8.24. The number of nitrogens with one attached hydrogen (secondary N) is 1. The molecule has 1 aliphatic rings. The topological polar surface area (TPSA) is 68.0 Å². The molecule has 0 bridgehead atoms. The lowest BCUT2D eigenvalue weighted by molar-refractivity contribution is 0.0902. The van der Waals surface area contributed by atoms with E-state index in [-0.39, 0.29) is 5.91 Å². The molecule has 0 unspecified atom stereocenters. The second kappa shape index (κ2) is 6.18. The van der Waals surface area contributed by atoms with Crippen molar-refractivity contribution in [2.75, 3.05) is 0 Å². The molecule has 4 nitrogen and oxygen atoms in total. The van der Waals surface area contributed by atoms with Crippen LogP contribution in [-0.2, 0) is 0 Å². The predicted molar refractivity (Wildman–Crippen MR) is 86.1 cm³/mol. The van der Waals surface area contributed by atoms with Crippen molar-refractivity contribution in [3.05, 3.63) is 16.1 Å². The molecule has 110 valence electrons. The summed E-state index contributed by atoms with van der Waals surface area (Å²) in [7, 11) is 0. The number of carbonyl (C=O) groups is 1. The highest BCUT2D eigenvalue weighted by molar-refractivity contribution is 7.80. The fourth-order valence-electron chi connectivity index (χ4n) is 2.76. The molecule has 0 aliphatic heterocycles. The largest absolute Gasteiger partial charge is 0.391 e.